The van der Waals surface area contributed by atoms with Gasteiger partial charge >= 0.3 is 5.97 Å². The zero-order valence-electron chi connectivity index (χ0n) is 18.4. The zero-order chi connectivity index (χ0) is 20.7. The highest BCUT2D eigenvalue weighted by Crippen LogP contribution is 2.61. The number of hydrogen-bond acceptors (Lipinski definition) is 5. The van der Waals surface area contributed by atoms with E-state index in [1.165, 1.54) is 0 Å². The molecule has 0 bridgehead atoms. The first-order valence-electron chi connectivity index (χ1n) is 11.5. The van der Waals surface area contributed by atoms with Crippen molar-refractivity contribution in [2.45, 2.75) is 63.3 Å². The fourth-order valence-corrected chi connectivity index (χ4v) is 6.67. The standard InChI is InChI=1S/C22H38N2O5/c1-20-5-4-6-21(2,27-3)22(20,26)13-16-17(19(25)29-18(16)14-20)15-23-7-8-24-9-11-28-12-10-24/h16-18,23,26H,4-15H2,1-3H3/p+2/t16-,17-,18-,20-,21-,22+/m1/s1. The van der Waals surface area contributed by atoms with Gasteiger partial charge in [-0.25, -0.2) is 0 Å². The number of nitrogens with two attached hydrogens (primary N) is 1. The molecule has 7 heteroatoms. The molecule has 0 aromatic carbocycles. The number of morpholine rings is 1. The molecule has 2 heterocycles. The highest BCUT2D eigenvalue weighted by Gasteiger charge is 2.67. The van der Waals surface area contributed by atoms with E-state index >= 15 is 0 Å². The minimum atomic E-state index is -0.918. The highest BCUT2D eigenvalue weighted by molar-refractivity contribution is 5.75. The van der Waals surface area contributed by atoms with Crippen LogP contribution in [0.4, 0.5) is 0 Å². The van der Waals surface area contributed by atoms with Crippen molar-refractivity contribution < 1.29 is 34.3 Å². The summed E-state index contributed by atoms with van der Waals surface area (Å²) in [5.74, 6) is -0.114. The molecule has 0 spiro atoms. The van der Waals surface area contributed by atoms with E-state index in [-0.39, 0.29) is 29.3 Å². The Balaban J connectivity index is 1.40. The van der Waals surface area contributed by atoms with Gasteiger partial charge < -0.3 is 29.5 Å². The predicted octanol–water partition coefficient (Wildman–Crippen LogP) is -1.26. The zero-order valence-corrected chi connectivity index (χ0v) is 18.4. The number of esters is 1. The van der Waals surface area contributed by atoms with Gasteiger partial charge in [0.1, 0.15) is 38.2 Å². The maximum Gasteiger partial charge on any atom is 0.315 e. The lowest BCUT2D eigenvalue weighted by Gasteiger charge is -2.61. The van der Waals surface area contributed by atoms with Crippen molar-refractivity contribution in [3.05, 3.63) is 0 Å². The molecule has 2 saturated heterocycles. The van der Waals surface area contributed by atoms with Gasteiger partial charge in [-0.3, -0.25) is 4.79 Å². The molecule has 4 fully saturated rings. The van der Waals surface area contributed by atoms with Gasteiger partial charge in [0, 0.05) is 18.4 Å². The lowest BCUT2D eigenvalue weighted by Crippen LogP contribution is -3.16. The van der Waals surface area contributed by atoms with Gasteiger partial charge in [-0.1, -0.05) is 6.92 Å². The number of nitrogens with one attached hydrogen (secondary N) is 1. The number of fused-ring (bicyclic) bond motifs is 2. The predicted molar refractivity (Wildman–Crippen MR) is 106 cm³/mol. The van der Waals surface area contributed by atoms with Crippen LogP contribution in [-0.2, 0) is 19.0 Å². The summed E-state index contributed by atoms with van der Waals surface area (Å²) in [6.45, 7) is 10.9. The first-order chi connectivity index (χ1) is 13.8. The van der Waals surface area contributed by atoms with Crippen molar-refractivity contribution >= 4 is 5.97 Å². The van der Waals surface area contributed by atoms with Crippen LogP contribution in [0, 0.1) is 17.3 Å². The molecule has 2 saturated carbocycles. The summed E-state index contributed by atoms with van der Waals surface area (Å²) in [4.78, 5) is 14.3. The third-order valence-corrected chi connectivity index (χ3v) is 8.78. The van der Waals surface area contributed by atoms with Gasteiger partial charge in [0.15, 0.2) is 0 Å². The Morgan fingerprint density at radius 1 is 1.24 bits per heavy atom. The van der Waals surface area contributed by atoms with Gasteiger partial charge in [-0.05, 0) is 39.0 Å². The van der Waals surface area contributed by atoms with Crippen LogP contribution in [0.25, 0.3) is 0 Å². The summed E-state index contributed by atoms with van der Waals surface area (Å²) < 4.78 is 17.2. The SMILES string of the molecule is CO[C@]1(C)CCC[C@]2(C)C[C@H]3OC(=O)[C@H](C[NH2+]CC[NH+]4CCOCC4)[C@H]3C[C@]21O. The number of carbonyl (C=O) groups excluding carboxylic acids is 1. The molecule has 6 atom stereocenters. The van der Waals surface area contributed by atoms with Crippen molar-refractivity contribution in [1.82, 2.24) is 0 Å². The molecular weight excluding hydrogens is 372 g/mol. The molecule has 2 aliphatic heterocycles. The Hall–Kier alpha value is -0.730. The maximum atomic E-state index is 12.7. The molecule has 2 aliphatic carbocycles. The topological polar surface area (TPSA) is 86.0 Å². The van der Waals surface area contributed by atoms with Crippen molar-refractivity contribution in [3.63, 3.8) is 0 Å². The van der Waals surface area contributed by atoms with Gasteiger partial charge in [-0.2, -0.15) is 0 Å². The molecule has 7 nitrogen and oxygen atoms in total. The second-order valence-electron chi connectivity index (χ2n) is 10.3. The summed E-state index contributed by atoms with van der Waals surface area (Å²) in [5, 5.41) is 14.2. The number of ether oxygens (including phenoxy) is 3. The quantitative estimate of drug-likeness (QED) is 0.375. The fourth-order valence-electron chi connectivity index (χ4n) is 6.67. The molecular formula is C22H40N2O5+2. The smallest absolute Gasteiger partial charge is 0.315 e. The lowest BCUT2D eigenvalue weighted by molar-refractivity contribution is -0.919. The van der Waals surface area contributed by atoms with Crippen molar-refractivity contribution in [3.8, 4) is 0 Å². The lowest BCUT2D eigenvalue weighted by atomic mass is 9.49. The van der Waals surface area contributed by atoms with E-state index < -0.39 is 11.2 Å². The molecule has 0 radical (unpaired) electrons. The summed E-state index contributed by atoms with van der Waals surface area (Å²) in [5.41, 5.74) is -1.75. The minimum absolute atomic E-state index is 0.0600. The third-order valence-electron chi connectivity index (χ3n) is 8.78. The Morgan fingerprint density at radius 2 is 2.00 bits per heavy atom. The van der Waals surface area contributed by atoms with Gasteiger partial charge in [0.2, 0.25) is 0 Å². The molecule has 4 aliphatic rings. The van der Waals surface area contributed by atoms with Crippen LogP contribution in [0.15, 0.2) is 0 Å². The van der Waals surface area contributed by atoms with Crippen molar-refractivity contribution in [1.29, 1.82) is 0 Å². The number of hydrogen-bond donors (Lipinski definition) is 3. The minimum Gasteiger partial charge on any atom is -0.462 e. The second-order valence-corrected chi connectivity index (χ2v) is 10.3. The van der Waals surface area contributed by atoms with Crippen molar-refractivity contribution in [2.75, 3.05) is 53.0 Å². The summed E-state index contributed by atoms with van der Waals surface area (Å²) in [7, 11) is 1.71. The molecule has 4 rings (SSSR count). The third kappa shape index (κ3) is 3.63. The van der Waals surface area contributed by atoms with Crippen molar-refractivity contribution in [2.24, 2.45) is 17.3 Å². The van der Waals surface area contributed by atoms with E-state index in [0.717, 1.165) is 71.6 Å². The Bertz CT molecular complexity index is 612. The number of aliphatic hydroxyl groups is 1. The molecule has 0 aromatic heterocycles. The Morgan fingerprint density at radius 3 is 2.72 bits per heavy atom. The average Bonchev–Trinajstić information content (AvgIpc) is 2.99. The van der Waals surface area contributed by atoms with Gasteiger partial charge in [0.05, 0.1) is 31.0 Å². The number of rotatable bonds is 6. The van der Waals surface area contributed by atoms with E-state index in [1.54, 1.807) is 12.0 Å². The summed E-state index contributed by atoms with van der Waals surface area (Å²) >= 11 is 0. The average molecular weight is 413 g/mol. The summed E-state index contributed by atoms with van der Waals surface area (Å²) in [6.07, 6.45) is 4.14. The van der Waals surface area contributed by atoms with Gasteiger partial charge in [0.25, 0.3) is 0 Å². The monoisotopic (exact) mass is 412 g/mol. The molecule has 4 N–H and O–H groups in total. The summed E-state index contributed by atoms with van der Waals surface area (Å²) in [6, 6.07) is 0. The fraction of sp³-hybridized carbons (Fsp3) is 0.955. The van der Waals surface area contributed by atoms with E-state index in [9.17, 15) is 9.90 Å². The van der Waals surface area contributed by atoms with Crippen LogP contribution >= 0.6 is 0 Å². The number of methoxy groups -OCH3 is 1. The molecule has 29 heavy (non-hydrogen) atoms. The number of quaternary nitrogens is 2. The first kappa shape index (κ1) is 21.5. The van der Waals surface area contributed by atoms with E-state index in [4.69, 9.17) is 14.2 Å². The Kier molecular flexibility index (Phi) is 5.99. The van der Waals surface area contributed by atoms with Crippen LogP contribution in [0.3, 0.4) is 0 Å². The van der Waals surface area contributed by atoms with Gasteiger partial charge in [-0.15, -0.1) is 0 Å². The molecule has 0 unspecified atom stereocenters. The van der Waals surface area contributed by atoms with E-state index in [0.29, 0.717) is 6.42 Å². The van der Waals surface area contributed by atoms with Crippen LogP contribution < -0.4 is 10.2 Å². The largest absolute Gasteiger partial charge is 0.462 e. The normalized spacial score (nSPS) is 45.5. The highest BCUT2D eigenvalue weighted by atomic mass is 16.6. The Labute approximate surface area is 174 Å². The number of carbonyl (C=O) groups is 1. The van der Waals surface area contributed by atoms with Crippen LogP contribution in [-0.4, -0.2) is 81.4 Å². The van der Waals surface area contributed by atoms with E-state index in [2.05, 4.69) is 19.2 Å². The van der Waals surface area contributed by atoms with Crippen LogP contribution in [0.5, 0.6) is 0 Å². The van der Waals surface area contributed by atoms with E-state index in [1.807, 2.05) is 0 Å². The van der Waals surface area contributed by atoms with Crippen LogP contribution in [0.1, 0.15) is 46.0 Å². The molecule has 166 valence electrons. The second kappa shape index (κ2) is 8.08. The molecule has 0 aromatic rings. The molecule has 0 amide bonds. The maximum absolute atomic E-state index is 12.7. The van der Waals surface area contributed by atoms with Crippen LogP contribution in [0.2, 0.25) is 0 Å². The first-order valence-corrected chi connectivity index (χ1v) is 11.5.